The molecular weight excluding hydrogens is 222 g/mol. The van der Waals surface area contributed by atoms with Gasteiger partial charge in [0.15, 0.2) is 0 Å². The lowest BCUT2D eigenvalue weighted by Crippen LogP contribution is -2.47. The van der Waals surface area contributed by atoms with Gasteiger partial charge in [-0.3, -0.25) is 4.90 Å². The fourth-order valence-corrected chi connectivity index (χ4v) is 3.92. The molecule has 2 N–H and O–H groups in total. The highest BCUT2D eigenvalue weighted by Crippen LogP contribution is 2.36. The van der Waals surface area contributed by atoms with E-state index in [1.807, 2.05) is 0 Å². The summed E-state index contributed by atoms with van der Waals surface area (Å²) in [5.41, 5.74) is 5.96. The predicted molar refractivity (Wildman–Crippen MR) is 75.5 cm³/mol. The normalized spacial score (nSPS) is 29.8. The lowest BCUT2D eigenvalue weighted by Gasteiger charge is -2.38. The lowest BCUT2D eigenvalue weighted by atomic mass is 9.94. The van der Waals surface area contributed by atoms with Crippen LogP contribution in [-0.2, 0) is 0 Å². The minimum absolute atomic E-state index is 0.706. The second-order valence-corrected chi connectivity index (χ2v) is 6.63. The molecule has 1 atom stereocenters. The molecule has 1 saturated carbocycles. The molecule has 0 aromatic carbocycles. The Labute approximate surface area is 112 Å². The molecule has 3 rings (SSSR count). The Morgan fingerprint density at radius 2 is 1.61 bits per heavy atom. The van der Waals surface area contributed by atoms with Gasteiger partial charge in [0.25, 0.3) is 0 Å². The van der Waals surface area contributed by atoms with Crippen LogP contribution in [0.5, 0.6) is 0 Å². The summed E-state index contributed by atoms with van der Waals surface area (Å²) in [7, 11) is 0. The zero-order chi connectivity index (χ0) is 12.4. The molecule has 0 bridgehead atoms. The third-order valence-electron chi connectivity index (χ3n) is 5.24. The SMILES string of the molecule is NCC(C1CC1)N1CCC(CN2CCCC2)CC1. The topological polar surface area (TPSA) is 32.5 Å². The molecule has 3 nitrogen and oxygen atoms in total. The molecule has 18 heavy (non-hydrogen) atoms. The van der Waals surface area contributed by atoms with Crippen molar-refractivity contribution < 1.29 is 0 Å². The van der Waals surface area contributed by atoms with E-state index in [1.165, 1.54) is 71.2 Å². The molecule has 1 aliphatic carbocycles. The Kier molecular flexibility index (Phi) is 4.22. The molecule has 3 aliphatic rings. The number of rotatable bonds is 5. The van der Waals surface area contributed by atoms with Gasteiger partial charge in [0.2, 0.25) is 0 Å². The van der Waals surface area contributed by atoms with Gasteiger partial charge in [0.05, 0.1) is 0 Å². The van der Waals surface area contributed by atoms with E-state index in [-0.39, 0.29) is 0 Å². The number of likely N-dealkylation sites (tertiary alicyclic amines) is 2. The fraction of sp³-hybridized carbons (Fsp3) is 1.00. The Balaban J connectivity index is 1.42. The number of hydrogen-bond donors (Lipinski definition) is 1. The van der Waals surface area contributed by atoms with Crippen molar-refractivity contribution in [3.63, 3.8) is 0 Å². The van der Waals surface area contributed by atoms with Crippen molar-refractivity contribution in [3.8, 4) is 0 Å². The van der Waals surface area contributed by atoms with E-state index in [1.54, 1.807) is 0 Å². The maximum atomic E-state index is 5.96. The van der Waals surface area contributed by atoms with Gasteiger partial charge in [-0.15, -0.1) is 0 Å². The van der Waals surface area contributed by atoms with Crippen LogP contribution in [0.15, 0.2) is 0 Å². The van der Waals surface area contributed by atoms with Crippen molar-refractivity contribution in [3.05, 3.63) is 0 Å². The summed E-state index contributed by atoms with van der Waals surface area (Å²) in [6.07, 6.45) is 8.51. The molecule has 0 aromatic heterocycles. The molecule has 3 heteroatoms. The largest absolute Gasteiger partial charge is 0.329 e. The van der Waals surface area contributed by atoms with Gasteiger partial charge in [0.1, 0.15) is 0 Å². The third-order valence-corrected chi connectivity index (χ3v) is 5.24. The van der Waals surface area contributed by atoms with E-state index >= 15 is 0 Å². The smallest absolute Gasteiger partial charge is 0.0246 e. The van der Waals surface area contributed by atoms with Gasteiger partial charge in [-0.1, -0.05) is 0 Å². The molecule has 1 unspecified atom stereocenters. The van der Waals surface area contributed by atoms with Crippen LogP contribution >= 0.6 is 0 Å². The summed E-state index contributed by atoms with van der Waals surface area (Å²) < 4.78 is 0. The second kappa shape index (κ2) is 5.89. The molecule has 2 saturated heterocycles. The van der Waals surface area contributed by atoms with Crippen molar-refractivity contribution in [2.45, 2.75) is 44.6 Å². The first-order valence-corrected chi connectivity index (χ1v) is 8.03. The van der Waals surface area contributed by atoms with Gasteiger partial charge in [0, 0.05) is 19.1 Å². The first-order valence-electron chi connectivity index (χ1n) is 8.03. The molecule has 3 fully saturated rings. The minimum atomic E-state index is 0.706. The summed E-state index contributed by atoms with van der Waals surface area (Å²) >= 11 is 0. The standard InChI is InChI=1S/C15H29N3/c16-11-15(14-3-4-14)18-9-5-13(6-10-18)12-17-7-1-2-8-17/h13-15H,1-12,16H2. The summed E-state index contributed by atoms with van der Waals surface area (Å²) in [5, 5.41) is 0. The van der Waals surface area contributed by atoms with Crippen LogP contribution in [0.1, 0.15) is 38.5 Å². The van der Waals surface area contributed by atoms with Crippen molar-refractivity contribution in [1.29, 1.82) is 0 Å². The summed E-state index contributed by atoms with van der Waals surface area (Å²) in [6.45, 7) is 7.56. The molecule has 0 spiro atoms. The average molecular weight is 251 g/mol. The third kappa shape index (κ3) is 3.06. The summed E-state index contributed by atoms with van der Waals surface area (Å²) in [6, 6.07) is 0.706. The number of nitrogens with zero attached hydrogens (tertiary/aromatic N) is 2. The van der Waals surface area contributed by atoms with E-state index in [4.69, 9.17) is 5.73 Å². The van der Waals surface area contributed by atoms with Gasteiger partial charge in [-0.2, -0.15) is 0 Å². The maximum absolute atomic E-state index is 5.96. The van der Waals surface area contributed by atoms with Crippen LogP contribution in [0.3, 0.4) is 0 Å². The Bertz CT molecular complexity index is 250. The molecule has 104 valence electrons. The van der Waals surface area contributed by atoms with Crippen LogP contribution < -0.4 is 5.73 Å². The molecule has 0 radical (unpaired) electrons. The van der Waals surface area contributed by atoms with Crippen LogP contribution in [0.25, 0.3) is 0 Å². The Morgan fingerprint density at radius 3 is 2.17 bits per heavy atom. The average Bonchev–Trinajstić information content (AvgIpc) is 3.10. The van der Waals surface area contributed by atoms with Crippen LogP contribution in [0, 0.1) is 11.8 Å². The number of nitrogens with two attached hydrogens (primary N) is 1. The van der Waals surface area contributed by atoms with Gasteiger partial charge in [-0.25, -0.2) is 0 Å². The highest BCUT2D eigenvalue weighted by atomic mass is 15.2. The molecule has 2 heterocycles. The maximum Gasteiger partial charge on any atom is 0.0246 e. The molecular formula is C15H29N3. The molecule has 2 aliphatic heterocycles. The van der Waals surface area contributed by atoms with E-state index in [2.05, 4.69) is 9.80 Å². The Hall–Kier alpha value is -0.120. The molecule has 0 amide bonds. The zero-order valence-electron chi connectivity index (χ0n) is 11.7. The minimum Gasteiger partial charge on any atom is -0.329 e. The van der Waals surface area contributed by atoms with Gasteiger partial charge >= 0.3 is 0 Å². The highest BCUT2D eigenvalue weighted by molar-refractivity contribution is 4.91. The number of piperidine rings is 1. The van der Waals surface area contributed by atoms with Gasteiger partial charge < -0.3 is 10.6 Å². The van der Waals surface area contributed by atoms with E-state index in [9.17, 15) is 0 Å². The molecule has 0 aromatic rings. The Morgan fingerprint density at radius 1 is 0.944 bits per heavy atom. The van der Waals surface area contributed by atoms with Crippen molar-refractivity contribution in [2.24, 2.45) is 17.6 Å². The second-order valence-electron chi connectivity index (χ2n) is 6.63. The fourth-order valence-electron chi connectivity index (χ4n) is 3.92. The van der Waals surface area contributed by atoms with Crippen LogP contribution in [0.2, 0.25) is 0 Å². The number of hydrogen-bond acceptors (Lipinski definition) is 3. The van der Waals surface area contributed by atoms with E-state index < -0.39 is 0 Å². The van der Waals surface area contributed by atoms with Crippen molar-refractivity contribution >= 4 is 0 Å². The first kappa shape index (κ1) is 12.9. The summed E-state index contributed by atoms with van der Waals surface area (Å²) in [4.78, 5) is 5.37. The predicted octanol–water partition coefficient (Wildman–Crippen LogP) is 1.53. The van der Waals surface area contributed by atoms with Crippen LogP contribution in [0.4, 0.5) is 0 Å². The van der Waals surface area contributed by atoms with Crippen LogP contribution in [-0.4, -0.2) is 55.1 Å². The van der Waals surface area contributed by atoms with E-state index in [0.717, 1.165) is 18.4 Å². The lowest BCUT2D eigenvalue weighted by molar-refractivity contribution is 0.107. The van der Waals surface area contributed by atoms with Crippen molar-refractivity contribution in [2.75, 3.05) is 39.3 Å². The summed E-state index contributed by atoms with van der Waals surface area (Å²) in [5.74, 6) is 1.89. The highest BCUT2D eigenvalue weighted by Gasteiger charge is 2.35. The quantitative estimate of drug-likeness (QED) is 0.804. The van der Waals surface area contributed by atoms with Gasteiger partial charge in [-0.05, 0) is 76.5 Å². The van der Waals surface area contributed by atoms with E-state index in [0.29, 0.717) is 6.04 Å². The monoisotopic (exact) mass is 251 g/mol. The zero-order valence-corrected chi connectivity index (χ0v) is 11.7. The van der Waals surface area contributed by atoms with Crippen molar-refractivity contribution in [1.82, 2.24) is 9.80 Å². The first-order chi connectivity index (χ1) is 8.86.